The van der Waals surface area contributed by atoms with Gasteiger partial charge in [0.15, 0.2) is 5.78 Å². The predicted molar refractivity (Wildman–Crippen MR) is 95.3 cm³/mol. The number of nitro benzene ring substituents is 1. The Morgan fingerprint density at radius 3 is 2.56 bits per heavy atom. The molecule has 0 fully saturated rings. The Hall–Kier alpha value is -3.47. The molecule has 0 aliphatic carbocycles. The molecule has 0 aliphatic rings. The lowest BCUT2D eigenvalue weighted by atomic mass is 10.1. The van der Waals surface area contributed by atoms with Crippen molar-refractivity contribution in [1.29, 1.82) is 0 Å². The summed E-state index contributed by atoms with van der Waals surface area (Å²) >= 11 is 0. The maximum atomic E-state index is 12.2. The van der Waals surface area contributed by atoms with E-state index in [0.29, 0.717) is 11.5 Å². The number of rotatable bonds is 5. The van der Waals surface area contributed by atoms with Crippen LogP contribution in [0.1, 0.15) is 21.7 Å². The molecule has 0 bridgehead atoms. The van der Waals surface area contributed by atoms with Crippen molar-refractivity contribution in [3.8, 4) is 11.3 Å². The molecule has 0 amide bonds. The number of hydrogen-bond donors (Lipinski definition) is 0. The van der Waals surface area contributed by atoms with Crippen molar-refractivity contribution in [3.63, 3.8) is 0 Å². The van der Waals surface area contributed by atoms with Crippen molar-refractivity contribution in [2.45, 2.75) is 6.92 Å². The lowest BCUT2D eigenvalue weighted by Crippen LogP contribution is -1.96. The molecule has 5 nitrogen and oxygen atoms in total. The molecule has 0 unspecified atom stereocenters. The number of non-ortho nitro benzene ring substituents is 1. The summed E-state index contributed by atoms with van der Waals surface area (Å²) < 4.78 is 5.71. The third-order valence-electron chi connectivity index (χ3n) is 3.70. The van der Waals surface area contributed by atoms with E-state index in [2.05, 4.69) is 0 Å². The van der Waals surface area contributed by atoms with Gasteiger partial charge < -0.3 is 4.42 Å². The Bertz CT molecular complexity index is 952. The van der Waals surface area contributed by atoms with Gasteiger partial charge in [-0.05, 0) is 31.2 Å². The number of ketones is 1. The Morgan fingerprint density at radius 1 is 1.08 bits per heavy atom. The van der Waals surface area contributed by atoms with Gasteiger partial charge in [0.05, 0.1) is 4.92 Å². The van der Waals surface area contributed by atoms with E-state index in [-0.39, 0.29) is 17.0 Å². The Morgan fingerprint density at radius 2 is 1.84 bits per heavy atom. The van der Waals surface area contributed by atoms with Gasteiger partial charge in [-0.1, -0.05) is 42.0 Å². The maximum Gasteiger partial charge on any atom is 0.270 e. The molecule has 25 heavy (non-hydrogen) atoms. The predicted octanol–water partition coefficient (Wildman–Crippen LogP) is 5.06. The molecule has 3 rings (SSSR count). The second kappa shape index (κ2) is 6.97. The molecule has 2 aromatic carbocycles. The summed E-state index contributed by atoms with van der Waals surface area (Å²) in [5.74, 6) is 0.925. The Kier molecular flexibility index (Phi) is 4.57. The largest absolute Gasteiger partial charge is 0.457 e. The van der Waals surface area contributed by atoms with Gasteiger partial charge in [0.2, 0.25) is 0 Å². The van der Waals surface area contributed by atoms with Crippen LogP contribution in [0.25, 0.3) is 17.4 Å². The second-order valence-electron chi connectivity index (χ2n) is 5.57. The van der Waals surface area contributed by atoms with E-state index in [1.165, 1.54) is 24.3 Å². The zero-order valence-electron chi connectivity index (χ0n) is 13.5. The minimum atomic E-state index is -0.527. The third-order valence-corrected chi connectivity index (χ3v) is 3.70. The maximum absolute atomic E-state index is 12.2. The molecular weight excluding hydrogens is 318 g/mol. The van der Waals surface area contributed by atoms with E-state index >= 15 is 0 Å². The van der Waals surface area contributed by atoms with Crippen LogP contribution >= 0.6 is 0 Å². The van der Waals surface area contributed by atoms with Crippen molar-refractivity contribution in [1.82, 2.24) is 0 Å². The molecular formula is C20H15NO4. The molecule has 3 aromatic rings. The molecule has 0 saturated carbocycles. The van der Waals surface area contributed by atoms with Crippen LogP contribution in [-0.4, -0.2) is 10.7 Å². The van der Waals surface area contributed by atoms with E-state index in [1.54, 1.807) is 18.2 Å². The van der Waals surface area contributed by atoms with Gasteiger partial charge in [0.25, 0.3) is 5.69 Å². The summed E-state index contributed by atoms with van der Waals surface area (Å²) in [5, 5.41) is 10.8. The number of hydrogen-bond acceptors (Lipinski definition) is 4. The first-order valence-electron chi connectivity index (χ1n) is 7.67. The number of benzene rings is 2. The first-order chi connectivity index (χ1) is 12.0. The van der Waals surface area contributed by atoms with Gasteiger partial charge in [0.1, 0.15) is 11.5 Å². The molecule has 0 N–H and O–H groups in total. The van der Waals surface area contributed by atoms with E-state index in [9.17, 15) is 14.9 Å². The Balaban J connectivity index is 1.76. The molecule has 0 radical (unpaired) electrons. The highest BCUT2D eigenvalue weighted by Crippen LogP contribution is 2.23. The van der Waals surface area contributed by atoms with Crippen LogP contribution in [0.5, 0.6) is 0 Å². The minimum Gasteiger partial charge on any atom is -0.457 e. The van der Waals surface area contributed by atoms with Gasteiger partial charge in [-0.2, -0.15) is 0 Å². The first kappa shape index (κ1) is 16.4. The van der Waals surface area contributed by atoms with E-state index in [1.807, 2.05) is 37.3 Å². The smallest absolute Gasteiger partial charge is 0.270 e. The molecule has 0 spiro atoms. The molecule has 0 saturated heterocycles. The van der Waals surface area contributed by atoms with Crippen LogP contribution < -0.4 is 0 Å². The van der Waals surface area contributed by atoms with E-state index in [0.717, 1.165) is 11.1 Å². The topological polar surface area (TPSA) is 73.3 Å². The number of allylic oxidation sites excluding steroid dienone is 1. The SMILES string of the molecule is Cc1ccc(-c2ccc(C=CC(=O)c3cccc([N+](=O)[O-])c3)o2)cc1. The van der Waals surface area contributed by atoms with Gasteiger partial charge in [-0.3, -0.25) is 14.9 Å². The molecule has 124 valence electrons. The molecule has 5 heteroatoms. The number of aryl methyl sites for hydroxylation is 1. The van der Waals surface area contributed by atoms with E-state index < -0.39 is 4.92 Å². The standard InChI is InChI=1S/C20H15NO4/c1-14-5-7-15(8-6-14)20-12-10-18(25-20)9-11-19(22)16-3-2-4-17(13-16)21(23)24/h2-13H,1H3. The minimum absolute atomic E-state index is 0.112. The molecule has 0 atom stereocenters. The lowest BCUT2D eigenvalue weighted by Gasteiger charge is -1.97. The summed E-state index contributed by atoms with van der Waals surface area (Å²) in [7, 11) is 0. The summed E-state index contributed by atoms with van der Waals surface area (Å²) in [4.78, 5) is 22.4. The van der Waals surface area contributed by atoms with Crippen LogP contribution in [-0.2, 0) is 0 Å². The summed E-state index contributed by atoms with van der Waals surface area (Å²) in [6, 6.07) is 17.2. The quantitative estimate of drug-likeness (QED) is 0.283. The van der Waals surface area contributed by atoms with Gasteiger partial charge in [-0.25, -0.2) is 0 Å². The molecule has 1 aromatic heterocycles. The fourth-order valence-corrected chi connectivity index (χ4v) is 2.34. The van der Waals surface area contributed by atoms with Gasteiger partial charge in [-0.15, -0.1) is 0 Å². The Labute approximate surface area is 144 Å². The van der Waals surface area contributed by atoms with E-state index in [4.69, 9.17) is 4.42 Å². The monoisotopic (exact) mass is 333 g/mol. The van der Waals surface area contributed by atoms with Crippen LogP contribution in [0.4, 0.5) is 5.69 Å². The van der Waals surface area contributed by atoms with Crippen molar-refractivity contribution < 1.29 is 14.1 Å². The molecule has 0 aliphatic heterocycles. The third kappa shape index (κ3) is 3.90. The van der Waals surface area contributed by atoms with Crippen molar-refractivity contribution in [3.05, 3.63) is 93.7 Å². The van der Waals surface area contributed by atoms with Crippen molar-refractivity contribution >= 4 is 17.5 Å². The lowest BCUT2D eigenvalue weighted by molar-refractivity contribution is -0.384. The average molecular weight is 333 g/mol. The van der Waals surface area contributed by atoms with Crippen LogP contribution in [0, 0.1) is 17.0 Å². The van der Waals surface area contributed by atoms with Crippen molar-refractivity contribution in [2.24, 2.45) is 0 Å². The summed E-state index contributed by atoms with van der Waals surface area (Å²) in [6.45, 7) is 2.01. The fourth-order valence-electron chi connectivity index (χ4n) is 2.34. The zero-order chi connectivity index (χ0) is 17.8. The first-order valence-corrected chi connectivity index (χ1v) is 7.67. The average Bonchev–Trinajstić information content (AvgIpc) is 3.09. The summed E-state index contributed by atoms with van der Waals surface area (Å²) in [5.41, 5.74) is 2.27. The zero-order valence-corrected chi connectivity index (χ0v) is 13.5. The normalized spacial score (nSPS) is 10.9. The fraction of sp³-hybridized carbons (Fsp3) is 0.0500. The second-order valence-corrected chi connectivity index (χ2v) is 5.57. The van der Waals surface area contributed by atoms with Crippen molar-refractivity contribution in [2.75, 3.05) is 0 Å². The van der Waals surface area contributed by atoms with Crippen LogP contribution in [0.2, 0.25) is 0 Å². The summed E-state index contributed by atoms with van der Waals surface area (Å²) in [6.07, 6.45) is 2.90. The van der Waals surface area contributed by atoms with Crippen LogP contribution in [0.15, 0.2) is 71.2 Å². The number of nitrogens with zero attached hydrogens (tertiary/aromatic N) is 1. The highest BCUT2D eigenvalue weighted by molar-refractivity contribution is 6.07. The van der Waals surface area contributed by atoms with Crippen LogP contribution in [0.3, 0.4) is 0 Å². The number of furan rings is 1. The van der Waals surface area contributed by atoms with Gasteiger partial charge in [0, 0.05) is 23.3 Å². The highest BCUT2D eigenvalue weighted by atomic mass is 16.6. The number of carbonyl (C=O) groups excluding carboxylic acids is 1. The van der Waals surface area contributed by atoms with Gasteiger partial charge >= 0.3 is 0 Å². The number of carbonyl (C=O) groups is 1. The number of nitro groups is 1. The highest BCUT2D eigenvalue weighted by Gasteiger charge is 2.09. The molecule has 1 heterocycles.